The van der Waals surface area contributed by atoms with Gasteiger partial charge in [-0.1, -0.05) is 42.5 Å². The largest absolute Gasteiger partial charge is 0.508 e. The first-order valence-electron chi connectivity index (χ1n) is 14.3. The van der Waals surface area contributed by atoms with Crippen LogP contribution in [0.4, 0.5) is 5.69 Å². The zero-order valence-corrected chi connectivity index (χ0v) is 24.6. The minimum atomic E-state index is -0.174. The van der Waals surface area contributed by atoms with E-state index in [4.69, 9.17) is 16.6 Å². The molecule has 0 saturated carbocycles. The molecule has 0 fully saturated rings. The monoisotopic (exact) mass is 601 g/mol. The normalized spacial score (nSPS) is 14.3. The average Bonchev–Trinajstić information content (AvgIpc) is 3.63. The number of carbonyl (C=O) groups excluding carboxylic acids is 2. The van der Waals surface area contributed by atoms with Gasteiger partial charge in [-0.15, -0.1) is 11.6 Å². The van der Waals surface area contributed by atoms with Crippen LogP contribution in [0.5, 0.6) is 11.5 Å². The molecular formula is C36H28ClN3O4. The lowest BCUT2D eigenvalue weighted by Gasteiger charge is -2.19. The number of aromatic amines is 1. The first-order chi connectivity index (χ1) is 21.3. The maximum atomic E-state index is 13.9. The van der Waals surface area contributed by atoms with E-state index in [1.54, 1.807) is 35.2 Å². The third-order valence-corrected chi connectivity index (χ3v) is 8.78. The van der Waals surface area contributed by atoms with Gasteiger partial charge in [-0.2, -0.15) is 0 Å². The first kappa shape index (κ1) is 27.7. The number of hydrogen-bond acceptors (Lipinski definition) is 5. The fourth-order valence-corrected chi connectivity index (χ4v) is 6.42. The lowest BCUT2D eigenvalue weighted by molar-refractivity contribution is 0.0982. The number of carbonyl (C=O) groups is 2. The van der Waals surface area contributed by atoms with Crippen molar-refractivity contribution in [2.45, 2.75) is 19.3 Å². The predicted octanol–water partition coefficient (Wildman–Crippen LogP) is 7.51. The summed E-state index contributed by atoms with van der Waals surface area (Å²) in [6.45, 7) is 2.44. The molecular weight excluding hydrogens is 574 g/mol. The van der Waals surface area contributed by atoms with Crippen LogP contribution in [-0.4, -0.2) is 44.3 Å². The van der Waals surface area contributed by atoms with Crippen molar-refractivity contribution in [1.29, 1.82) is 0 Å². The summed E-state index contributed by atoms with van der Waals surface area (Å²) in [5.74, 6) is 1.02. The number of benzene rings is 5. The lowest BCUT2D eigenvalue weighted by atomic mass is 9.92. The smallest absolute Gasteiger partial charge is 0.258 e. The van der Waals surface area contributed by atoms with Crippen LogP contribution in [-0.2, 0) is 6.42 Å². The maximum absolute atomic E-state index is 13.9. The molecule has 6 aromatic rings. The van der Waals surface area contributed by atoms with Gasteiger partial charge in [0.2, 0.25) is 0 Å². The van der Waals surface area contributed by atoms with Gasteiger partial charge in [0, 0.05) is 52.9 Å². The molecule has 0 radical (unpaired) electrons. The molecule has 1 amide bonds. The number of aromatic hydroxyl groups is 2. The fourth-order valence-electron chi connectivity index (χ4n) is 6.17. The SMILES string of the molecule is Cc1cccc2c(O)cc3c(c12)[C@H](CCl)CN3C(=O)c1ccc2nc(-c3ccc(CC(=O)c4ccc(O)cc4)cc3)[nH]c2c1. The second-order valence-corrected chi connectivity index (χ2v) is 11.6. The number of Topliss-reactive ketones (excluding diaryl/α,β-unsaturated/α-hetero) is 1. The van der Waals surface area contributed by atoms with Gasteiger partial charge < -0.3 is 20.1 Å². The number of nitrogens with zero attached hydrogens (tertiary/aromatic N) is 2. The topological polar surface area (TPSA) is 107 Å². The highest BCUT2D eigenvalue weighted by molar-refractivity contribution is 6.19. The number of anilines is 1. The van der Waals surface area contributed by atoms with Crippen LogP contribution in [0.15, 0.2) is 91.0 Å². The summed E-state index contributed by atoms with van der Waals surface area (Å²) in [7, 11) is 0. The standard InChI is InChI=1S/C36H28ClN3O4/c1-20-3-2-4-27-32(43)17-30-34(33(20)27)25(18-37)19-40(30)36(44)24-11-14-28-29(16-24)39-35(38-28)23-7-5-21(6-8-23)15-31(42)22-9-12-26(41)13-10-22/h2-14,16-17,25,41,43H,15,18-19H2,1H3,(H,38,39)/t25-/m1/s1. The van der Waals surface area contributed by atoms with E-state index >= 15 is 0 Å². The zero-order valence-electron chi connectivity index (χ0n) is 23.8. The molecule has 218 valence electrons. The Hall–Kier alpha value is -5.14. The Labute approximate surface area is 258 Å². The lowest BCUT2D eigenvalue weighted by Crippen LogP contribution is -2.30. The van der Waals surface area contributed by atoms with E-state index < -0.39 is 0 Å². The van der Waals surface area contributed by atoms with Crippen molar-refractivity contribution in [1.82, 2.24) is 9.97 Å². The van der Waals surface area contributed by atoms with E-state index in [-0.39, 0.29) is 35.5 Å². The van der Waals surface area contributed by atoms with Crippen molar-refractivity contribution < 1.29 is 19.8 Å². The highest BCUT2D eigenvalue weighted by Crippen LogP contribution is 2.46. The van der Waals surface area contributed by atoms with Gasteiger partial charge in [-0.25, -0.2) is 4.98 Å². The molecule has 1 atom stereocenters. The van der Waals surface area contributed by atoms with Gasteiger partial charge in [-0.05, 0) is 71.5 Å². The van der Waals surface area contributed by atoms with Crippen LogP contribution < -0.4 is 4.90 Å². The summed E-state index contributed by atoms with van der Waals surface area (Å²) in [6, 6.07) is 26.8. The van der Waals surface area contributed by atoms with Crippen molar-refractivity contribution in [3.63, 3.8) is 0 Å². The minimum Gasteiger partial charge on any atom is -0.508 e. The van der Waals surface area contributed by atoms with E-state index in [0.29, 0.717) is 35.1 Å². The Morgan fingerprint density at radius 1 is 0.955 bits per heavy atom. The molecule has 0 unspecified atom stereocenters. The van der Waals surface area contributed by atoms with Crippen LogP contribution in [0.2, 0.25) is 0 Å². The molecule has 1 aromatic heterocycles. The molecule has 2 heterocycles. The number of fused-ring (bicyclic) bond motifs is 4. The van der Waals surface area contributed by atoms with E-state index in [1.807, 2.05) is 55.5 Å². The number of ketones is 1. The number of amides is 1. The zero-order chi connectivity index (χ0) is 30.5. The summed E-state index contributed by atoms with van der Waals surface area (Å²) in [5.41, 5.74) is 6.93. The number of aryl methyl sites for hydroxylation is 1. The van der Waals surface area contributed by atoms with Crippen LogP contribution in [0.3, 0.4) is 0 Å². The summed E-state index contributed by atoms with van der Waals surface area (Å²) in [4.78, 5) is 36.3. The quantitative estimate of drug-likeness (QED) is 0.135. The second kappa shape index (κ2) is 10.8. The Kier molecular flexibility index (Phi) is 6.82. The van der Waals surface area contributed by atoms with Gasteiger partial charge in [0.05, 0.1) is 16.7 Å². The Morgan fingerprint density at radius 3 is 2.45 bits per heavy atom. The van der Waals surface area contributed by atoms with Crippen molar-refractivity contribution in [3.8, 4) is 22.9 Å². The molecule has 0 spiro atoms. The van der Waals surface area contributed by atoms with Gasteiger partial charge in [0.1, 0.15) is 17.3 Å². The third kappa shape index (κ3) is 4.75. The Morgan fingerprint density at radius 2 is 1.70 bits per heavy atom. The van der Waals surface area contributed by atoms with Crippen molar-refractivity contribution in [2.75, 3.05) is 17.3 Å². The van der Waals surface area contributed by atoms with Crippen LogP contribution in [0.1, 0.15) is 43.3 Å². The molecule has 5 aromatic carbocycles. The number of halogens is 1. The number of phenolic OH excluding ortho intramolecular Hbond substituents is 2. The number of nitrogens with one attached hydrogen (secondary N) is 1. The maximum Gasteiger partial charge on any atom is 0.258 e. The second-order valence-electron chi connectivity index (χ2n) is 11.3. The van der Waals surface area contributed by atoms with Crippen molar-refractivity contribution in [3.05, 3.63) is 119 Å². The summed E-state index contributed by atoms with van der Waals surface area (Å²) in [5, 5.41) is 22.0. The number of rotatable bonds is 6. The van der Waals surface area contributed by atoms with Crippen LogP contribution >= 0.6 is 11.6 Å². The molecule has 7 rings (SSSR count). The van der Waals surface area contributed by atoms with E-state index in [2.05, 4.69) is 4.98 Å². The number of imidazole rings is 1. The number of aromatic nitrogens is 2. The van der Waals surface area contributed by atoms with Crippen LogP contribution in [0.25, 0.3) is 33.2 Å². The van der Waals surface area contributed by atoms with E-state index in [0.717, 1.165) is 44.1 Å². The summed E-state index contributed by atoms with van der Waals surface area (Å²) in [6.07, 6.45) is 0.244. The third-order valence-electron chi connectivity index (χ3n) is 8.41. The van der Waals surface area contributed by atoms with Gasteiger partial charge in [0.15, 0.2) is 5.78 Å². The summed E-state index contributed by atoms with van der Waals surface area (Å²) >= 11 is 6.41. The van der Waals surface area contributed by atoms with Crippen molar-refractivity contribution >= 4 is 50.8 Å². The number of alkyl halides is 1. The highest BCUT2D eigenvalue weighted by Gasteiger charge is 2.35. The molecule has 0 bridgehead atoms. The predicted molar refractivity (Wildman–Crippen MR) is 173 cm³/mol. The van der Waals surface area contributed by atoms with E-state index in [1.165, 1.54) is 12.1 Å². The molecule has 3 N–H and O–H groups in total. The minimum absolute atomic E-state index is 0.0322. The Bertz CT molecular complexity index is 2080. The molecule has 8 heteroatoms. The molecule has 44 heavy (non-hydrogen) atoms. The van der Waals surface area contributed by atoms with Gasteiger partial charge in [0.25, 0.3) is 5.91 Å². The van der Waals surface area contributed by atoms with Crippen molar-refractivity contribution in [2.24, 2.45) is 0 Å². The molecule has 0 aliphatic carbocycles. The fraction of sp³-hybridized carbons (Fsp3) is 0.139. The molecule has 7 nitrogen and oxygen atoms in total. The number of phenols is 2. The molecule has 1 aliphatic heterocycles. The average molecular weight is 602 g/mol. The number of H-pyrrole nitrogens is 1. The molecule has 0 saturated heterocycles. The number of hydrogen-bond donors (Lipinski definition) is 3. The Balaban J connectivity index is 1.15. The van der Waals surface area contributed by atoms with Gasteiger partial charge in [-0.3, -0.25) is 9.59 Å². The first-order valence-corrected chi connectivity index (χ1v) is 14.9. The van der Waals surface area contributed by atoms with Crippen LogP contribution in [0, 0.1) is 6.92 Å². The highest BCUT2D eigenvalue weighted by atomic mass is 35.5. The van der Waals surface area contributed by atoms with E-state index in [9.17, 15) is 19.8 Å². The van der Waals surface area contributed by atoms with Gasteiger partial charge >= 0.3 is 0 Å². The summed E-state index contributed by atoms with van der Waals surface area (Å²) < 4.78 is 0. The molecule has 1 aliphatic rings.